The summed E-state index contributed by atoms with van der Waals surface area (Å²) in [6.45, 7) is -0.0125. The van der Waals surface area contributed by atoms with Crippen LogP contribution < -0.4 is 0 Å². The first-order valence-electron chi connectivity index (χ1n) is 4.13. The summed E-state index contributed by atoms with van der Waals surface area (Å²) >= 11 is 7.22. The topological polar surface area (TPSA) is 66.2 Å². The van der Waals surface area contributed by atoms with E-state index in [4.69, 9.17) is 21.8 Å². The molecule has 0 saturated heterocycles. The fraction of sp³-hybridized carbons (Fsp3) is 0.500. The second-order valence-corrected chi connectivity index (χ2v) is 3.97. The lowest BCUT2D eigenvalue weighted by Crippen LogP contribution is -1.96. The van der Waals surface area contributed by atoms with Crippen LogP contribution >= 0.6 is 23.4 Å². The fourth-order valence-corrected chi connectivity index (χ4v) is 2.04. The van der Waals surface area contributed by atoms with E-state index in [0.29, 0.717) is 17.0 Å². The summed E-state index contributed by atoms with van der Waals surface area (Å²) in [6, 6.07) is 0. The van der Waals surface area contributed by atoms with Crippen molar-refractivity contribution in [2.24, 2.45) is 0 Å². The highest BCUT2D eigenvalue weighted by Gasteiger charge is 2.08. The van der Waals surface area contributed by atoms with Crippen molar-refractivity contribution in [3.8, 4) is 0 Å². The standard InChI is InChI=1S/C8H11ClN2O2S/c9-7-6(4-13)8(11-5-10-7)14-3-1-2-12/h5,12-13H,1-4H2. The highest BCUT2D eigenvalue weighted by atomic mass is 35.5. The summed E-state index contributed by atoms with van der Waals surface area (Å²) < 4.78 is 0. The summed E-state index contributed by atoms with van der Waals surface area (Å²) in [5.74, 6) is 0.747. The fourth-order valence-electron chi connectivity index (χ4n) is 0.867. The van der Waals surface area contributed by atoms with Crippen LogP contribution in [-0.2, 0) is 6.61 Å². The third kappa shape index (κ3) is 3.09. The molecule has 0 bridgehead atoms. The number of hydrogen-bond donors (Lipinski definition) is 2. The third-order valence-electron chi connectivity index (χ3n) is 1.55. The zero-order chi connectivity index (χ0) is 10.4. The number of hydrogen-bond acceptors (Lipinski definition) is 5. The predicted octanol–water partition coefficient (Wildman–Crippen LogP) is 1.10. The molecule has 0 aliphatic rings. The minimum Gasteiger partial charge on any atom is -0.396 e. The molecule has 0 spiro atoms. The first-order chi connectivity index (χ1) is 6.79. The zero-order valence-electron chi connectivity index (χ0n) is 7.48. The Kier molecular flexibility index (Phi) is 5.17. The first-order valence-corrected chi connectivity index (χ1v) is 5.49. The van der Waals surface area contributed by atoms with E-state index in [-0.39, 0.29) is 18.4 Å². The van der Waals surface area contributed by atoms with Gasteiger partial charge in [0, 0.05) is 17.9 Å². The van der Waals surface area contributed by atoms with Crippen molar-refractivity contribution < 1.29 is 10.2 Å². The highest BCUT2D eigenvalue weighted by molar-refractivity contribution is 7.99. The quantitative estimate of drug-likeness (QED) is 0.454. The van der Waals surface area contributed by atoms with Gasteiger partial charge in [-0.15, -0.1) is 11.8 Å². The minimum absolute atomic E-state index is 0.153. The molecule has 4 nitrogen and oxygen atoms in total. The number of rotatable bonds is 5. The lowest BCUT2D eigenvalue weighted by atomic mass is 10.4. The third-order valence-corrected chi connectivity index (χ3v) is 3.00. The van der Waals surface area contributed by atoms with Crippen LogP contribution in [0.4, 0.5) is 0 Å². The molecule has 14 heavy (non-hydrogen) atoms. The Morgan fingerprint density at radius 2 is 2.14 bits per heavy atom. The van der Waals surface area contributed by atoms with Crippen LogP contribution in [0, 0.1) is 0 Å². The maximum Gasteiger partial charge on any atom is 0.139 e. The van der Waals surface area contributed by atoms with Gasteiger partial charge in [0.15, 0.2) is 0 Å². The molecule has 78 valence electrons. The lowest BCUT2D eigenvalue weighted by Gasteiger charge is -2.05. The van der Waals surface area contributed by atoms with Crippen LogP contribution in [0.1, 0.15) is 12.0 Å². The maximum atomic E-state index is 9.03. The molecular formula is C8H11ClN2O2S. The van der Waals surface area contributed by atoms with Gasteiger partial charge in [-0.05, 0) is 6.42 Å². The first kappa shape index (κ1) is 11.7. The Balaban J connectivity index is 2.70. The number of halogens is 1. The van der Waals surface area contributed by atoms with Gasteiger partial charge in [0.2, 0.25) is 0 Å². The van der Waals surface area contributed by atoms with Crippen LogP contribution in [0.3, 0.4) is 0 Å². The minimum atomic E-state index is -0.166. The molecule has 0 aliphatic carbocycles. The van der Waals surface area contributed by atoms with Gasteiger partial charge in [-0.1, -0.05) is 11.6 Å². The van der Waals surface area contributed by atoms with Crippen LogP contribution in [0.25, 0.3) is 0 Å². The maximum absolute atomic E-state index is 9.03. The molecule has 1 rings (SSSR count). The van der Waals surface area contributed by atoms with E-state index in [9.17, 15) is 0 Å². The monoisotopic (exact) mass is 234 g/mol. The molecule has 0 amide bonds. The number of aliphatic hydroxyl groups is 2. The second-order valence-electron chi connectivity index (χ2n) is 2.53. The van der Waals surface area contributed by atoms with Crippen molar-refractivity contribution in [2.45, 2.75) is 18.1 Å². The Morgan fingerprint density at radius 3 is 2.79 bits per heavy atom. The van der Waals surface area contributed by atoms with E-state index < -0.39 is 0 Å². The number of aromatic nitrogens is 2. The van der Waals surface area contributed by atoms with Crippen molar-refractivity contribution in [3.63, 3.8) is 0 Å². The number of aliphatic hydroxyl groups excluding tert-OH is 2. The number of thioether (sulfide) groups is 1. The van der Waals surface area contributed by atoms with Crippen molar-refractivity contribution >= 4 is 23.4 Å². The highest BCUT2D eigenvalue weighted by Crippen LogP contribution is 2.24. The molecule has 2 N–H and O–H groups in total. The van der Waals surface area contributed by atoms with E-state index in [0.717, 1.165) is 5.75 Å². The molecule has 0 aromatic carbocycles. The van der Waals surface area contributed by atoms with Gasteiger partial charge in [-0.3, -0.25) is 0 Å². The van der Waals surface area contributed by atoms with Gasteiger partial charge in [0.1, 0.15) is 16.5 Å². The van der Waals surface area contributed by atoms with Gasteiger partial charge in [-0.2, -0.15) is 0 Å². The number of nitrogens with zero attached hydrogens (tertiary/aromatic N) is 2. The summed E-state index contributed by atoms with van der Waals surface area (Å²) in [5.41, 5.74) is 0.553. The molecular weight excluding hydrogens is 224 g/mol. The Hall–Kier alpha value is -0.360. The van der Waals surface area contributed by atoms with Crippen LogP contribution in [0.5, 0.6) is 0 Å². The van der Waals surface area contributed by atoms with Gasteiger partial charge < -0.3 is 10.2 Å². The molecule has 0 radical (unpaired) electrons. The van der Waals surface area contributed by atoms with Crippen molar-refractivity contribution in [3.05, 3.63) is 17.0 Å². The Morgan fingerprint density at radius 1 is 1.36 bits per heavy atom. The normalized spacial score (nSPS) is 10.5. The molecule has 0 aliphatic heterocycles. The Bertz CT molecular complexity index is 299. The largest absolute Gasteiger partial charge is 0.396 e. The van der Waals surface area contributed by atoms with E-state index in [1.54, 1.807) is 0 Å². The molecule has 1 aromatic rings. The van der Waals surface area contributed by atoms with Crippen LogP contribution in [-0.4, -0.2) is 32.5 Å². The summed E-state index contributed by atoms with van der Waals surface area (Å²) in [6.07, 6.45) is 2.06. The molecule has 6 heteroatoms. The van der Waals surface area contributed by atoms with Gasteiger partial charge in [-0.25, -0.2) is 9.97 Å². The summed E-state index contributed by atoms with van der Waals surface area (Å²) in [4.78, 5) is 7.78. The smallest absolute Gasteiger partial charge is 0.139 e. The second kappa shape index (κ2) is 6.19. The van der Waals surface area contributed by atoms with Crippen molar-refractivity contribution in [2.75, 3.05) is 12.4 Å². The Labute approximate surface area is 91.3 Å². The molecule has 1 aromatic heterocycles. The van der Waals surface area contributed by atoms with Gasteiger partial charge >= 0.3 is 0 Å². The predicted molar refractivity (Wildman–Crippen MR) is 55.4 cm³/mol. The molecule has 1 heterocycles. The van der Waals surface area contributed by atoms with E-state index >= 15 is 0 Å². The van der Waals surface area contributed by atoms with E-state index in [1.165, 1.54) is 18.1 Å². The van der Waals surface area contributed by atoms with Crippen molar-refractivity contribution in [1.82, 2.24) is 9.97 Å². The van der Waals surface area contributed by atoms with Gasteiger partial charge in [0.25, 0.3) is 0 Å². The van der Waals surface area contributed by atoms with Gasteiger partial charge in [0.05, 0.1) is 6.61 Å². The summed E-state index contributed by atoms with van der Waals surface area (Å²) in [7, 11) is 0. The van der Waals surface area contributed by atoms with E-state index in [2.05, 4.69) is 9.97 Å². The molecule has 0 atom stereocenters. The van der Waals surface area contributed by atoms with Crippen LogP contribution in [0.2, 0.25) is 5.15 Å². The lowest BCUT2D eigenvalue weighted by molar-refractivity contribution is 0.277. The summed E-state index contributed by atoms with van der Waals surface area (Å²) in [5, 5.41) is 18.6. The van der Waals surface area contributed by atoms with Crippen molar-refractivity contribution in [1.29, 1.82) is 0 Å². The average Bonchev–Trinajstić information content (AvgIpc) is 2.18. The molecule has 0 unspecified atom stereocenters. The average molecular weight is 235 g/mol. The van der Waals surface area contributed by atoms with Crippen LogP contribution in [0.15, 0.2) is 11.4 Å². The molecule has 0 saturated carbocycles. The zero-order valence-corrected chi connectivity index (χ0v) is 9.05. The molecule has 0 fully saturated rings. The SMILES string of the molecule is OCCCSc1ncnc(Cl)c1CO. The van der Waals surface area contributed by atoms with E-state index in [1.807, 2.05) is 0 Å².